The van der Waals surface area contributed by atoms with Crippen molar-refractivity contribution in [3.05, 3.63) is 35.4 Å². The summed E-state index contributed by atoms with van der Waals surface area (Å²) >= 11 is 0. The van der Waals surface area contributed by atoms with Gasteiger partial charge in [-0.2, -0.15) is 0 Å². The fourth-order valence-corrected chi connectivity index (χ4v) is 3.86. The van der Waals surface area contributed by atoms with E-state index in [1.165, 1.54) is 4.90 Å². The number of hydrogen-bond donors (Lipinski definition) is 3. The molecule has 0 aromatic heterocycles. The van der Waals surface area contributed by atoms with Crippen LogP contribution >= 0.6 is 0 Å². The van der Waals surface area contributed by atoms with E-state index < -0.39 is 42.0 Å². The van der Waals surface area contributed by atoms with Crippen LogP contribution in [0.4, 0.5) is 4.79 Å². The van der Waals surface area contributed by atoms with E-state index in [1.807, 2.05) is 39.0 Å². The Morgan fingerprint density at radius 1 is 1.15 bits per heavy atom. The number of nitrogens with zero attached hydrogens (tertiary/aromatic N) is 1. The summed E-state index contributed by atoms with van der Waals surface area (Å²) in [5, 5.41) is 5.41. The highest BCUT2D eigenvalue weighted by Crippen LogP contribution is 2.34. The van der Waals surface area contributed by atoms with Crippen LogP contribution in [0.2, 0.25) is 0 Å². The summed E-state index contributed by atoms with van der Waals surface area (Å²) < 4.78 is 5.29. The number of benzene rings is 1. The number of rotatable bonds is 9. The van der Waals surface area contributed by atoms with Crippen LogP contribution in [0.3, 0.4) is 0 Å². The minimum atomic E-state index is -1.26. The first-order chi connectivity index (χ1) is 15.8. The molecule has 2 unspecified atom stereocenters. The Kier molecular flexibility index (Phi) is 9.06. The van der Waals surface area contributed by atoms with Crippen molar-refractivity contribution in [2.45, 2.75) is 97.0 Å². The monoisotopic (exact) mass is 474 g/mol. The zero-order valence-electron chi connectivity index (χ0n) is 21.0. The summed E-state index contributed by atoms with van der Waals surface area (Å²) in [6, 6.07) is 4.91. The van der Waals surface area contributed by atoms with Gasteiger partial charge < -0.3 is 26.0 Å². The topological polar surface area (TPSA) is 131 Å². The Morgan fingerprint density at radius 2 is 1.79 bits per heavy atom. The molecule has 1 aliphatic rings. The zero-order chi connectivity index (χ0) is 25.6. The van der Waals surface area contributed by atoms with Crippen LogP contribution in [-0.2, 0) is 19.1 Å². The van der Waals surface area contributed by atoms with Gasteiger partial charge in [0.05, 0.1) is 6.42 Å². The van der Waals surface area contributed by atoms with Crippen LogP contribution in [0.15, 0.2) is 24.3 Å². The first-order valence-corrected chi connectivity index (χ1v) is 11.8. The molecule has 2 atom stereocenters. The molecule has 2 rings (SSSR count). The molecule has 9 heteroatoms. The number of nitrogens with two attached hydrogens (primary N) is 1. The number of carbonyl (C=O) groups excluding carboxylic acids is 4. The number of alkyl carbamates (subject to hydrolysis) is 1. The van der Waals surface area contributed by atoms with Gasteiger partial charge in [0.2, 0.25) is 17.7 Å². The minimum Gasteiger partial charge on any atom is -0.444 e. The molecule has 1 saturated carbocycles. The standard InChI is InChI=1S/C25H38N4O5/c1-15(2)27-22(31)21(17-10-7-9-16(3)13-17)29(18-11-8-12-18)23(32)19(14-20(26)30)28-24(33)34-25(4,5)6/h7,9-10,13,15,18-19,21H,8,11-12,14H2,1-6H3,(H2,26,30)(H,27,31)(H,28,33). The summed E-state index contributed by atoms with van der Waals surface area (Å²) in [4.78, 5) is 53.0. The van der Waals surface area contributed by atoms with Gasteiger partial charge in [0, 0.05) is 12.1 Å². The van der Waals surface area contributed by atoms with Crippen molar-refractivity contribution in [1.82, 2.24) is 15.5 Å². The summed E-state index contributed by atoms with van der Waals surface area (Å²) in [6.45, 7) is 10.7. The summed E-state index contributed by atoms with van der Waals surface area (Å²) in [5.74, 6) is -1.61. The summed E-state index contributed by atoms with van der Waals surface area (Å²) in [7, 11) is 0. The van der Waals surface area contributed by atoms with Crippen LogP contribution in [0, 0.1) is 6.92 Å². The second-order valence-corrected chi connectivity index (χ2v) is 10.2. The molecule has 1 aliphatic carbocycles. The van der Waals surface area contributed by atoms with Gasteiger partial charge in [-0.1, -0.05) is 29.8 Å². The third-order valence-electron chi connectivity index (χ3n) is 5.43. The lowest BCUT2D eigenvalue weighted by Gasteiger charge is -2.43. The Balaban J connectivity index is 2.48. The van der Waals surface area contributed by atoms with E-state index in [9.17, 15) is 19.2 Å². The molecule has 0 spiro atoms. The second kappa shape index (κ2) is 11.4. The quantitative estimate of drug-likeness (QED) is 0.506. The largest absolute Gasteiger partial charge is 0.444 e. The van der Waals surface area contributed by atoms with Gasteiger partial charge >= 0.3 is 6.09 Å². The average molecular weight is 475 g/mol. The molecule has 1 fully saturated rings. The predicted molar refractivity (Wildman–Crippen MR) is 129 cm³/mol. The normalized spacial score (nSPS) is 15.6. The number of amides is 4. The molecule has 9 nitrogen and oxygen atoms in total. The van der Waals surface area contributed by atoms with Crippen molar-refractivity contribution < 1.29 is 23.9 Å². The third kappa shape index (κ3) is 7.74. The van der Waals surface area contributed by atoms with E-state index >= 15 is 0 Å². The van der Waals surface area contributed by atoms with Gasteiger partial charge in [-0.3, -0.25) is 14.4 Å². The number of primary amides is 1. The molecular formula is C25H38N4O5. The molecule has 4 N–H and O–H groups in total. The molecule has 34 heavy (non-hydrogen) atoms. The van der Waals surface area contributed by atoms with Crippen molar-refractivity contribution in [3.8, 4) is 0 Å². The molecule has 0 heterocycles. The van der Waals surface area contributed by atoms with Crippen LogP contribution < -0.4 is 16.4 Å². The fourth-order valence-electron chi connectivity index (χ4n) is 3.86. The number of ether oxygens (including phenoxy) is 1. The van der Waals surface area contributed by atoms with Crippen molar-refractivity contribution in [2.75, 3.05) is 0 Å². The summed E-state index contributed by atoms with van der Waals surface area (Å²) in [5.41, 5.74) is 6.22. The highest BCUT2D eigenvalue weighted by Gasteiger charge is 2.42. The van der Waals surface area contributed by atoms with Gasteiger partial charge in [0.1, 0.15) is 17.7 Å². The lowest BCUT2D eigenvalue weighted by Crippen LogP contribution is -2.58. The molecule has 0 bridgehead atoms. The van der Waals surface area contributed by atoms with Gasteiger partial charge in [-0.25, -0.2) is 4.79 Å². The van der Waals surface area contributed by atoms with E-state index in [1.54, 1.807) is 26.8 Å². The minimum absolute atomic E-state index is 0.139. The molecule has 0 radical (unpaired) electrons. The van der Waals surface area contributed by atoms with Crippen LogP contribution in [0.25, 0.3) is 0 Å². The zero-order valence-corrected chi connectivity index (χ0v) is 21.0. The lowest BCUT2D eigenvalue weighted by atomic mass is 9.87. The Morgan fingerprint density at radius 3 is 2.26 bits per heavy atom. The Bertz CT molecular complexity index is 905. The van der Waals surface area contributed by atoms with Crippen molar-refractivity contribution >= 4 is 23.8 Å². The number of aryl methyl sites for hydroxylation is 1. The van der Waals surface area contributed by atoms with Gasteiger partial charge in [0.15, 0.2) is 0 Å². The molecule has 1 aromatic rings. The second-order valence-electron chi connectivity index (χ2n) is 10.2. The maximum absolute atomic E-state index is 13.9. The van der Waals surface area contributed by atoms with E-state index in [2.05, 4.69) is 10.6 Å². The number of nitrogens with one attached hydrogen (secondary N) is 2. The van der Waals surface area contributed by atoms with E-state index in [4.69, 9.17) is 10.5 Å². The lowest BCUT2D eigenvalue weighted by molar-refractivity contribution is -0.148. The van der Waals surface area contributed by atoms with Gasteiger partial charge in [-0.05, 0) is 66.4 Å². The van der Waals surface area contributed by atoms with Gasteiger partial charge in [0.25, 0.3) is 0 Å². The van der Waals surface area contributed by atoms with Gasteiger partial charge in [-0.15, -0.1) is 0 Å². The number of carbonyl (C=O) groups is 4. The first kappa shape index (κ1) is 27.1. The highest BCUT2D eigenvalue weighted by atomic mass is 16.6. The predicted octanol–water partition coefficient (Wildman–Crippen LogP) is 2.71. The Hall–Kier alpha value is -3.10. The maximum atomic E-state index is 13.9. The van der Waals surface area contributed by atoms with E-state index in [-0.39, 0.29) is 18.0 Å². The van der Waals surface area contributed by atoms with Crippen molar-refractivity contribution in [3.63, 3.8) is 0 Å². The van der Waals surface area contributed by atoms with Crippen LogP contribution in [-0.4, -0.2) is 52.4 Å². The smallest absolute Gasteiger partial charge is 0.408 e. The highest BCUT2D eigenvalue weighted by molar-refractivity contribution is 5.94. The Labute approximate surface area is 201 Å². The van der Waals surface area contributed by atoms with Crippen LogP contribution in [0.5, 0.6) is 0 Å². The van der Waals surface area contributed by atoms with Crippen molar-refractivity contribution in [1.29, 1.82) is 0 Å². The molecule has 0 aliphatic heterocycles. The molecule has 188 valence electrons. The third-order valence-corrected chi connectivity index (χ3v) is 5.43. The molecular weight excluding hydrogens is 436 g/mol. The molecule has 4 amide bonds. The number of hydrogen-bond acceptors (Lipinski definition) is 5. The van der Waals surface area contributed by atoms with Crippen LogP contribution in [0.1, 0.15) is 77.5 Å². The first-order valence-electron chi connectivity index (χ1n) is 11.8. The van der Waals surface area contributed by atoms with E-state index in [0.29, 0.717) is 5.56 Å². The molecule has 1 aromatic carbocycles. The maximum Gasteiger partial charge on any atom is 0.408 e. The SMILES string of the molecule is Cc1cccc(C(C(=O)NC(C)C)N(C(=O)C(CC(N)=O)NC(=O)OC(C)(C)C)C2CCC2)c1. The summed E-state index contributed by atoms with van der Waals surface area (Å²) in [6.07, 6.45) is 1.12. The van der Waals surface area contributed by atoms with E-state index in [0.717, 1.165) is 24.8 Å². The average Bonchev–Trinajstić information content (AvgIpc) is 2.62. The molecule has 0 saturated heterocycles. The van der Waals surface area contributed by atoms with Crippen molar-refractivity contribution in [2.24, 2.45) is 5.73 Å². The fraction of sp³-hybridized carbons (Fsp3) is 0.600.